The molecule has 2 aliphatic heterocycles. The van der Waals surface area contributed by atoms with Crippen LogP contribution in [0, 0.1) is 104 Å². The Labute approximate surface area is 695 Å². The van der Waals surface area contributed by atoms with E-state index in [1.807, 2.05) is 38.1 Å². The fourth-order valence-electron chi connectivity index (χ4n) is 28.2. The van der Waals surface area contributed by atoms with Crippen molar-refractivity contribution in [3.05, 3.63) is 150 Å². The van der Waals surface area contributed by atoms with E-state index in [1.165, 1.54) is 144 Å². The Kier molecular flexibility index (Phi) is 28.1. The molecular weight excluding hydrogens is 1500 g/mol. The van der Waals surface area contributed by atoms with Crippen LogP contribution in [0.3, 0.4) is 0 Å². The van der Waals surface area contributed by atoms with Crippen molar-refractivity contribution in [2.24, 2.45) is 104 Å². The topological polar surface area (TPSA) is 157 Å². The number of carbonyl (C=O) groups is 4. The Morgan fingerprint density at radius 1 is 0.491 bits per heavy atom. The van der Waals surface area contributed by atoms with Gasteiger partial charge in [0, 0.05) is 24.9 Å². The molecule has 10 fully saturated rings. The number of unbranched alkanes of at least 4 members (excludes halogenated alkanes) is 2. The predicted octanol–water partition coefficient (Wildman–Crippen LogP) is 23.6. The number of aliphatic hydroxyl groups is 2. The van der Waals surface area contributed by atoms with Crippen molar-refractivity contribution in [3.8, 4) is 0 Å². The molecule has 0 bridgehead atoms. The molecule has 12 heteroatoms. The summed E-state index contributed by atoms with van der Waals surface area (Å²) in [5, 5.41) is 30.3. The quantitative estimate of drug-likeness (QED) is 0.0675. The SMILES string of the molecule is C1=COCCC1.CC(=O)CCC/C=C(\C)[C@H]1CC[C@H]2[C@@H]3CC=C4C[C@@H](O)CC[C@]4(C)[C@H]3CC[C@]12C.CC(=O)[C@H]1CC[C@H]2[C@@H]3CC=C4C[C@@H](O)CC[C@]4(C)[C@H]3CC[C@]12C.CC(=O)[C@H]1CC[C@H]2[C@@H]3CC=C4C[C@@H](OC5CCCCO5)CC[C@]4(C)[C@H]3CC[C@]12C.O=C(O)CCCCP(Br)(c1ccccc1)(c1ccccc1)c1ccccc1. The summed E-state index contributed by atoms with van der Waals surface area (Å²) in [6.07, 6.45) is 54.0. The van der Waals surface area contributed by atoms with E-state index >= 15 is 0 Å². The molecule has 22 atom stereocenters. The molecule has 10 nitrogen and oxygen atoms in total. The van der Waals surface area contributed by atoms with Crippen molar-refractivity contribution in [3.63, 3.8) is 0 Å². The number of allylic oxidation sites excluding steroid dienone is 6. The number of fused-ring (bicyclic) bond motifs is 15. The van der Waals surface area contributed by atoms with Gasteiger partial charge in [0.05, 0.1) is 31.2 Å². The van der Waals surface area contributed by atoms with Crippen molar-refractivity contribution in [1.82, 2.24) is 0 Å². The van der Waals surface area contributed by atoms with Crippen LogP contribution in [0.15, 0.2) is 150 Å². The van der Waals surface area contributed by atoms with Gasteiger partial charge in [-0.3, -0.25) is 9.59 Å². The minimum absolute atomic E-state index is 0.0347. The number of rotatable bonds is 17. The van der Waals surface area contributed by atoms with Gasteiger partial charge in [-0.05, 0) is 324 Å². The van der Waals surface area contributed by atoms with E-state index in [1.54, 1.807) is 35.5 Å². The summed E-state index contributed by atoms with van der Waals surface area (Å²) >= 11 is 4.37. The second kappa shape index (κ2) is 36.8. The van der Waals surface area contributed by atoms with Gasteiger partial charge in [-0.2, -0.15) is 0 Å². The minimum atomic E-state index is -2.89. The van der Waals surface area contributed by atoms with Crippen molar-refractivity contribution in [2.75, 3.05) is 19.4 Å². The second-order valence-electron chi connectivity index (χ2n) is 40.3. The van der Waals surface area contributed by atoms with E-state index in [4.69, 9.17) is 19.3 Å². The maximum atomic E-state index is 12.3. The molecule has 0 aromatic heterocycles. The average molecular weight is 1640 g/mol. The summed E-state index contributed by atoms with van der Waals surface area (Å²) in [6.45, 7) is 24.5. The van der Waals surface area contributed by atoms with Crippen LogP contribution in [-0.2, 0) is 33.4 Å². The summed E-state index contributed by atoms with van der Waals surface area (Å²) in [5.74, 6) is 8.93. The van der Waals surface area contributed by atoms with E-state index < -0.39 is 11.3 Å². The van der Waals surface area contributed by atoms with Crippen molar-refractivity contribution in [2.45, 2.75) is 319 Å². The number of benzene rings is 3. The predicted molar refractivity (Wildman–Crippen MR) is 470 cm³/mol. The summed E-state index contributed by atoms with van der Waals surface area (Å²) in [5.41, 5.74) is 8.38. The van der Waals surface area contributed by atoms with Gasteiger partial charge in [0.2, 0.25) is 0 Å². The Balaban J connectivity index is 0.000000130. The van der Waals surface area contributed by atoms with E-state index in [0.29, 0.717) is 63.4 Å². The summed E-state index contributed by atoms with van der Waals surface area (Å²) < 4.78 is 17.1. The van der Waals surface area contributed by atoms with Crippen molar-refractivity contribution < 1.29 is 48.7 Å². The number of aliphatic carboxylic acids is 1. The second-order valence-corrected chi connectivity index (χ2v) is 49.4. The van der Waals surface area contributed by atoms with Crippen LogP contribution >= 0.6 is 20.8 Å². The zero-order valence-electron chi connectivity index (χ0n) is 71.8. The third-order valence-corrected chi connectivity index (χ3v) is 44.4. The molecule has 9 saturated carbocycles. The van der Waals surface area contributed by atoms with Gasteiger partial charge < -0.3 is 29.2 Å². The number of ether oxygens (including phenoxy) is 3. The van der Waals surface area contributed by atoms with Gasteiger partial charge in [0.15, 0.2) is 6.29 Å². The fraction of sp³-hybridized carbons (Fsp3) is 0.686. The molecule has 3 N–H and O–H groups in total. The van der Waals surface area contributed by atoms with Gasteiger partial charge in [-0.1, -0.05) is 88.1 Å². The molecule has 0 spiro atoms. The molecule has 3 aromatic carbocycles. The molecule has 2 heterocycles. The van der Waals surface area contributed by atoms with Gasteiger partial charge in [-0.25, -0.2) is 0 Å². The zero-order chi connectivity index (χ0) is 80.9. The molecule has 14 aliphatic rings. The third kappa shape index (κ3) is 17.5. The Bertz CT molecular complexity index is 3840. The van der Waals surface area contributed by atoms with Crippen LogP contribution in [0.4, 0.5) is 0 Å². The first-order valence-electron chi connectivity index (χ1n) is 45.9. The van der Waals surface area contributed by atoms with Crippen LogP contribution in [0.5, 0.6) is 0 Å². The van der Waals surface area contributed by atoms with Crippen LogP contribution in [0.25, 0.3) is 0 Å². The Morgan fingerprint density at radius 2 is 0.939 bits per heavy atom. The Morgan fingerprint density at radius 3 is 1.33 bits per heavy atom. The number of carbonyl (C=O) groups excluding carboxylic acids is 3. The standard InChI is InChI=1S/C27H42O2.C26H40O3.C23H24BrO2P.C21H32O2.C5H8O/c1-18(7-5-6-8-19(2)28)23-11-12-24-22-10-9-20-17-21(29)13-15-26(20,3)25(22)14-16-27(23,24)4;1-17(27)21-9-10-22-20-8-7-18-16-19(29-24-6-4-5-15-28-24)11-13-25(18,2)23(20)12-14-26(21,22)3;24-27(19-11-10-18-23(25)26,20-12-4-1-5-13-20,21-14-6-2-7-15-21)22-16-8-3-9-17-22;1-13(22)17-6-7-18-16-5-4-14-12-15(23)8-10-20(14,2)19(16)9-11-21(17,18)3;1-2-4-6-5-3-1/h7,9,21-25,29H,5-6,8,10-17H2,1-4H3;7,19-24H,4-6,8-16H2,1-3H3;1-9,12-17H,10-11,18-19H2,(H,25,26);4,15-19,23H,5-12H2,1-3H3;2,4H,1,3,5H2/b18-7+;;;;/t21-,22-,23+,24-,25-,26-,27+;19-,20-,21+,22-,23-,24?,25-,26+;;15-,16-,17+,18-,19-,20-,21+;/m00.0./s1. The van der Waals surface area contributed by atoms with Crippen LogP contribution in [-0.4, -0.2) is 82.6 Å². The van der Waals surface area contributed by atoms with Crippen molar-refractivity contribution in [1.29, 1.82) is 0 Å². The Hall–Kier alpha value is -4.61. The normalized spacial score (nSPS) is 38.6. The zero-order valence-corrected chi connectivity index (χ0v) is 74.2. The number of halogens is 1. The molecule has 1 unspecified atom stereocenters. The number of Topliss-reactive ketones (excluding diaryl/α,β-unsaturated/α-hetero) is 3. The third-order valence-electron chi connectivity index (χ3n) is 34.4. The maximum absolute atomic E-state index is 12.3. The van der Waals surface area contributed by atoms with E-state index in [0.717, 1.165) is 162 Å². The van der Waals surface area contributed by atoms with Gasteiger partial charge in [-0.15, -0.1) is 0 Å². The number of aliphatic hydroxyl groups excluding tert-OH is 2. The van der Waals surface area contributed by atoms with Crippen LogP contribution in [0.2, 0.25) is 0 Å². The molecule has 17 rings (SSSR count). The molecule has 12 aliphatic carbocycles. The first-order valence-corrected chi connectivity index (χ1v) is 50.3. The summed E-state index contributed by atoms with van der Waals surface area (Å²) in [4.78, 5) is 46.7. The van der Waals surface area contributed by atoms with Gasteiger partial charge in [0.25, 0.3) is 0 Å². The number of carboxylic acids is 1. The van der Waals surface area contributed by atoms with Crippen molar-refractivity contribution >= 4 is 60.0 Å². The summed E-state index contributed by atoms with van der Waals surface area (Å²) in [7, 11) is 0. The first-order chi connectivity index (χ1) is 54.6. The number of hydrogen-bond donors (Lipinski definition) is 3. The average Bonchev–Trinajstić information content (AvgIpc) is 1.24. The molecule has 1 saturated heterocycles. The molecule has 114 heavy (non-hydrogen) atoms. The molecule has 0 radical (unpaired) electrons. The molecular formula is C102H146BrO10P. The fourth-order valence-corrected chi connectivity index (χ4v) is 35.9. The number of ketones is 3. The van der Waals surface area contributed by atoms with Gasteiger partial charge in [0.1, 0.15) is 17.3 Å². The van der Waals surface area contributed by atoms with Crippen LogP contribution in [0.1, 0.15) is 294 Å². The summed E-state index contributed by atoms with van der Waals surface area (Å²) in [6, 6.07) is 31.8. The molecule has 626 valence electrons. The van der Waals surface area contributed by atoms with E-state index in [2.05, 4.69) is 161 Å². The molecule has 3 aromatic rings. The van der Waals surface area contributed by atoms with Gasteiger partial charge >= 0.3 is 169 Å². The molecule has 0 amide bonds. The van der Waals surface area contributed by atoms with E-state index in [-0.39, 0.29) is 35.7 Å². The number of carboxylic acid groups (broad SMARTS) is 1. The monoisotopic (exact) mass is 1640 g/mol. The van der Waals surface area contributed by atoms with E-state index in [9.17, 15) is 29.4 Å². The number of hydrogen-bond acceptors (Lipinski definition) is 9. The first kappa shape index (κ1) is 87.2. The van der Waals surface area contributed by atoms with Crippen LogP contribution < -0.4 is 15.9 Å².